The molecule has 2 aliphatic heterocycles. The second-order valence-corrected chi connectivity index (χ2v) is 11.7. The van der Waals surface area contributed by atoms with Crippen LogP contribution in [0.2, 0.25) is 0 Å². The van der Waals surface area contributed by atoms with Crippen molar-refractivity contribution in [2.45, 2.75) is 38.4 Å². The summed E-state index contributed by atoms with van der Waals surface area (Å²) in [5, 5.41) is 9.98. The van der Waals surface area contributed by atoms with Crippen LogP contribution >= 0.6 is 0 Å². The normalized spacial score (nSPS) is 17.7. The first-order valence-electron chi connectivity index (χ1n) is 14.7. The van der Waals surface area contributed by atoms with Gasteiger partial charge in [0.15, 0.2) is 0 Å². The number of hydrogen-bond acceptors (Lipinski definition) is 6. The highest BCUT2D eigenvalue weighted by Gasteiger charge is 2.22. The Morgan fingerprint density at radius 1 is 0.854 bits per heavy atom. The average Bonchev–Trinajstić information content (AvgIpc) is 3.40. The molecule has 4 heterocycles. The van der Waals surface area contributed by atoms with E-state index in [2.05, 4.69) is 75.1 Å². The lowest BCUT2D eigenvalue weighted by molar-refractivity contribution is 0.0706. The van der Waals surface area contributed by atoms with Gasteiger partial charge in [0.05, 0.1) is 0 Å². The number of hydroxylamine groups is 1. The Balaban J connectivity index is 1.03. The lowest BCUT2D eigenvalue weighted by atomic mass is 9.90. The molecule has 214 valence electrons. The number of nitrogens with zero attached hydrogens (tertiary/aromatic N) is 5. The number of likely N-dealkylation sites (tertiary alicyclic amines) is 1. The van der Waals surface area contributed by atoms with Crippen LogP contribution in [-0.4, -0.2) is 81.7 Å². The Labute approximate surface area is 242 Å². The summed E-state index contributed by atoms with van der Waals surface area (Å²) in [6, 6.07) is 20.9. The smallest absolute Gasteiger partial charge is 0.274 e. The summed E-state index contributed by atoms with van der Waals surface area (Å²) in [4.78, 5) is 24.0. The summed E-state index contributed by atoms with van der Waals surface area (Å²) in [5.74, 6) is 0.0363. The van der Waals surface area contributed by atoms with Crippen molar-refractivity contribution in [3.63, 3.8) is 0 Å². The largest absolute Gasteiger partial charge is 0.328 e. The predicted octanol–water partition coefficient (Wildman–Crippen LogP) is 4.33. The third kappa shape index (κ3) is 6.68. The van der Waals surface area contributed by atoms with E-state index in [0.717, 1.165) is 76.4 Å². The number of fused-ring (bicyclic) bond motifs is 1. The molecule has 1 amide bonds. The number of rotatable bonds is 8. The van der Waals surface area contributed by atoms with Crippen molar-refractivity contribution < 1.29 is 10.0 Å². The van der Waals surface area contributed by atoms with Crippen molar-refractivity contribution in [3.05, 3.63) is 101 Å². The van der Waals surface area contributed by atoms with Crippen LogP contribution < -0.4 is 5.48 Å². The number of nitrogens with one attached hydrogen (secondary N) is 1. The highest BCUT2D eigenvalue weighted by molar-refractivity contribution is 5.93. The van der Waals surface area contributed by atoms with E-state index in [9.17, 15) is 4.79 Å². The van der Waals surface area contributed by atoms with Crippen molar-refractivity contribution in [2.24, 2.45) is 0 Å². The molecule has 2 aromatic heterocycles. The standard InChI is InChI=1S/C33H40N6O2/c1-36-15-17-38(18-16-36)23-27-4-2-3-26(19-27)22-37-12-9-28(10-13-37)31-20-30-11-14-39(32(30)34-21-31)24-25-5-7-29(8-6-25)33(40)35-41/h2-8,11,14,19-21,28,41H,9-10,12-13,15-18,22-24H2,1H3,(H,35,40). The second-order valence-electron chi connectivity index (χ2n) is 11.7. The van der Waals surface area contributed by atoms with Crippen LogP contribution in [0, 0.1) is 0 Å². The summed E-state index contributed by atoms with van der Waals surface area (Å²) in [6.45, 7) is 9.59. The number of aromatic nitrogens is 2. The molecule has 0 unspecified atom stereocenters. The lowest BCUT2D eigenvalue weighted by Gasteiger charge is -2.33. The molecule has 2 N–H and O–H groups in total. The Kier molecular flexibility index (Phi) is 8.43. The van der Waals surface area contributed by atoms with Gasteiger partial charge in [0.1, 0.15) is 5.65 Å². The third-order valence-electron chi connectivity index (χ3n) is 8.75. The van der Waals surface area contributed by atoms with Gasteiger partial charge in [-0.2, -0.15) is 0 Å². The summed E-state index contributed by atoms with van der Waals surface area (Å²) >= 11 is 0. The van der Waals surface area contributed by atoms with E-state index in [1.807, 2.05) is 12.1 Å². The van der Waals surface area contributed by atoms with Gasteiger partial charge in [0.2, 0.25) is 0 Å². The van der Waals surface area contributed by atoms with Gasteiger partial charge in [-0.15, -0.1) is 0 Å². The highest BCUT2D eigenvalue weighted by Crippen LogP contribution is 2.30. The zero-order valence-corrected chi connectivity index (χ0v) is 23.9. The van der Waals surface area contributed by atoms with E-state index in [0.29, 0.717) is 18.0 Å². The Hall–Kier alpha value is -3.56. The van der Waals surface area contributed by atoms with E-state index in [1.54, 1.807) is 17.6 Å². The van der Waals surface area contributed by atoms with Gasteiger partial charge in [-0.3, -0.25) is 19.8 Å². The van der Waals surface area contributed by atoms with Gasteiger partial charge >= 0.3 is 0 Å². The van der Waals surface area contributed by atoms with E-state index in [-0.39, 0.29) is 0 Å². The molecule has 2 fully saturated rings. The SMILES string of the molecule is CN1CCN(Cc2cccc(CN3CCC(c4cnc5c(ccn5Cc5ccc(C(=O)NO)cc5)c4)CC3)c2)CC1. The van der Waals surface area contributed by atoms with Crippen molar-refractivity contribution >= 4 is 16.9 Å². The minimum Gasteiger partial charge on any atom is -0.328 e. The molecule has 0 atom stereocenters. The first-order valence-corrected chi connectivity index (χ1v) is 14.7. The number of carbonyl (C=O) groups excluding carboxylic acids is 1. The monoisotopic (exact) mass is 552 g/mol. The molecule has 2 aliphatic rings. The number of carbonyl (C=O) groups is 1. The fourth-order valence-electron chi connectivity index (χ4n) is 6.24. The maximum Gasteiger partial charge on any atom is 0.274 e. The zero-order chi connectivity index (χ0) is 28.2. The number of amides is 1. The lowest BCUT2D eigenvalue weighted by Crippen LogP contribution is -2.43. The molecule has 41 heavy (non-hydrogen) atoms. The third-order valence-corrected chi connectivity index (χ3v) is 8.75. The van der Waals surface area contributed by atoms with Crippen molar-refractivity contribution in [1.82, 2.24) is 29.7 Å². The van der Waals surface area contributed by atoms with Crippen LogP contribution in [0.1, 0.15) is 51.4 Å². The fraction of sp³-hybridized carbons (Fsp3) is 0.394. The molecule has 2 aromatic carbocycles. The first-order chi connectivity index (χ1) is 20.0. The summed E-state index contributed by atoms with van der Waals surface area (Å²) in [5.41, 5.74) is 8.33. The number of benzene rings is 2. The number of pyridine rings is 1. The quantitative estimate of drug-likeness (QED) is 0.250. The molecule has 0 radical (unpaired) electrons. The topological polar surface area (TPSA) is 76.9 Å². The zero-order valence-electron chi connectivity index (χ0n) is 23.9. The predicted molar refractivity (Wildman–Crippen MR) is 161 cm³/mol. The van der Waals surface area contributed by atoms with Crippen LogP contribution in [-0.2, 0) is 19.6 Å². The molecular weight excluding hydrogens is 512 g/mol. The summed E-state index contributed by atoms with van der Waals surface area (Å²) in [6.07, 6.45) is 6.46. The molecule has 6 rings (SSSR count). The van der Waals surface area contributed by atoms with E-state index < -0.39 is 5.91 Å². The molecule has 0 saturated carbocycles. The maximum atomic E-state index is 11.6. The van der Waals surface area contributed by atoms with Gasteiger partial charge in [-0.25, -0.2) is 10.5 Å². The van der Waals surface area contributed by atoms with Crippen molar-refractivity contribution in [1.29, 1.82) is 0 Å². The first kappa shape index (κ1) is 27.6. The average molecular weight is 553 g/mol. The number of hydrogen-bond donors (Lipinski definition) is 2. The van der Waals surface area contributed by atoms with E-state index >= 15 is 0 Å². The number of piperidine rings is 1. The van der Waals surface area contributed by atoms with Crippen LogP contribution in [0.15, 0.2) is 73.1 Å². The Morgan fingerprint density at radius 2 is 1.54 bits per heavy atom. The van der Waals surface area contributed by atoms with Crippen molar-refractivity contribution in [2.75, 3.05) is 46.3 Å². The Bertz CT molecular complexity index is 1470. The molecule has 4 aromatic rings. The maximum absolute atomic E-state index is 11.6. The minimum absolute atomic E-state index is 0.428. The van der Waals surface area contributed by atoms with Gasteiger partial charge in [0.25, 0.3) is 5.91 Å². The Morgan fingerprint density at radius 3 is 2.22 bits per heavy atom. The van der Waals surface area contributed by atoms with E-state index in [1.165, 1.54) is 22.1 Å². The van der Waals surface area contributed by atoms with Gasteiger partial charge in [0, 0.05) is 69.2 Å². The minimum atomic E-state index is -0.506. The molecule has 2 saturated heterocycles. The van der Waals surface area contributed by atoms with Gasteiger partial charge in [-0.1, -0.05) is 36.4 Å². The van der Waals surface area contributed by atoms with Crippen LogP contribution in [0.3, 0.4) is 0 Å². The van der Waals surface area contributed by atoms with Crippen molar-refractivity contribution in [3.8, 4) is 0 Å². The second kappa shape index (κ2) is 12.5. The number of piperazine rings is 1. The van der Waals surface area contributed by atoms with Gasteiger partial charge < -0.3 is 9.47 Å². The van der Waals surface area contributed by atoms with E-state index in [4.69, 9.17) is 10.2 Å². The van der Waals surface area contributed by atoms with Crippen LogP contribution in [0.4, 0.5) is 0 Å². The molecule has 0 bridgehead atoms. The molecule has 0 aliphatic carbocycles. The molecule has 0 spiro atoms. The van der Waals surface area contributed by atoms with Crippen LogP contribution in [0.5, 0.6) is 0 Å². The molecule has 8 nitrogen and oxygen atoms in total. The van der Waals surface area contributed by atoms with Crippen LogP contribution in [0.25, 0.3) is 11.0 Å². The molecular formula is C33H40N6O2. The fourth-order valence-corrected chi connectivity index (χ4v) is 6.24. The van der Waals surface area contributed by atoms with Gasteiger partial charge in [-0.05, 0) is 85.4 Å². The summed E-state index contributed by atoms with van der Waals surface area (Å²) < 4.78 is 2.14. The summed E-state index contributed by atoms with van der Waals surface area (Å²) in [7, 11) is 2.21. The highest BCUT2D eigenvalue weighted by atomic mass is 16.5. The molecule has 8 heteroatoms. The number of likely N-dealkylation sites (N-methyl/N-ethyl adjacent to an activating group) is 1.